The van der Waals surface area contributed by atoms with Gasteiger partial charge in [-0.25, -0.2) is 4.79 Å². The van der Waals surface area contributed by atoms with Gasteiger partial charge >= 0.3 is 11.9 Å². The minimum absolute atomic E-state index is 0.0146. The maximum atomic E-state index is 11.4. The van der Waals surface area contributed by atoms with Crippen LogP contribution in [0.4, 0.5) is 0 Å². The van der Waals surface area contributed by atoms with E-state index < -0.39 is 17.5 Å². The molecule has 0 spiro atoms. The molecule has 5 nitrogen and oxygen atoms in total. The van der Waals surface area contributed by atoms with E-state index in [9.17, 15) is 9.59 Å². The first-order valence-corrected chi connectivity index (χ1v) is 5.99. The quantitative estimate of drug-likeness (QED) is 0.231. The second-order valence-corrected chi connectivity index (χ2v) is 4.92. The fourth-order valence-electron chi connectivity index (χ4n) is 0.850. The van der Waals surface area contributed by atoms with Crippen LogP contribution in [0.5, 0.6) is 0 Å². The van der Waals surface area contributed by atoms with Crippen molar-refractivity contribution < 1.29 is 24.1 Å². The lowest BCUT2D eigenvalue weighted by Gasteiger charge is -2.16. The van der Waals surface area contributed by atoms with Crippen molar-refractivity contribution >= 4 is 11.9 Å². The number of esters is 1. The Morgan fingerprint density at radius 1 is 1.22 bits per heavy atom. The maximum Gasteiger partial charge on any atom is 0.369 e. The van der Waals surface area contributed by atoms with Crippen LogP contribution in [0, 0.1) is 0 Å². The normalized spacial score (nSPS) is 10.9. The maximum absolute atomic E-state index is 11.4. The SMILES string of the molecule is C=C(CC(=O)OCCCC)C(=O)OOC(C)(C)C. The molecule has 0 rings (SSSR count). The highest BCUT2D eigenvalue weighted by atomic mass is 17.2. The number of unbranched alkanes of at least 4 members (excludes halogenated alkanes) is 1. The van der Waals surface area contributed by atoms with Gasteiger partial charge in [-0.1, -0.05) is 19.9 Å². The molecule has 0 N–H and O–H groups in total. The van der Waals surface area contributed by atoms with Gasteiger partial charge in [0.05, 0.1) is 13.0 Å². The molecule has 5 heteroatoms. The molecule has 0 saturated carbocycles. The largest absolute Gasteiger partial charge is 0.465 e. The van der Waals surface area contributed by atoms with E-state index in [2.05, 4.69) is 11.5 Å². The van der Waals surface area contributed by atoms with Crippen LogP contribution >= 0.6 is 0 Å². The van der Waals surface area contributed by atoms with Gasteiger partial charge in [0.25, 0.3) is 0 Å². The molecule has 0 fully saturated rings. The number of carbonyl (C=O) groups is 2. The molecular formula is C13H22O5. The summed E-state index contributed by atoms with van der Waals surface area (Å²) in [5.74, 6) is -1.24. The Morgan fingerprint density at radius 3 is 2.33 bits per heavy atom. The fourth-order valence-corrected chi connectivity index (χ4v) is 0.850. The van der Waals surface area contributed by atoms with Crippen molar-refractivity contribution in [3.8, 4) is 0 Å². The van der Waals surface area contributed by atoms with Gasteiger partial charge in [0.2, 0.25) is 0 Å². The van der Waals surface area contributed by atoms with Gasteiger partial charge in [-0.15, -0.1) is 0 Å². The van der Waals surface area contributed by atoms with E-state index in [0.717, 1.165) is 12.8 Å². The molecule has 0 aliphatic rings. The van der Waals surface area contributed by atoms with Gasteiger partial charge in [0, 0.05) is 5.57 Å². The zero-order chi connectivity index (χ0) is 14.2. The molecule has 104 valence electrons. The van der Waals surface area contributed by atoms with Crippen molar-refractivity contribution in [1.29, 1.82) is 0 Å². The van der Waals surface area contributed by atoms with Crippen molar-refractivity contribution in [2.75, 3.05) is 6.61 Å². The second kappa shape index (κ2) is 7.87. The van der Waals surface area contributed by atoms with Crippen molar-refractivity contribution in [2.24, 2.45) is 0 Å². The highest BCUT2D eigenvalue weighted by Gasteiger charge is 2.19. The summed E-state index contributed by atoms with van der Waals surface area (Å²) < 4.78 is 4.90. The lowest BCUT2D eigenvalue weighted by atomic mass is 10.2. The van der Waals surface area contributed by atoms with Crippen LogP contribution in [0.15, 0.2) is 12.2 Å². The predicted octanol–water partition coefficient (Wildman–Crippen LogP) is 2.55. The highest BCUT2D eigenvalue weighted by Crippen LogP contribution is 2.10. The molecule has 0 radical (unpaired) electrons. The Labute approximate surface area is 108 Å². The van der Waals surface area contributed by atoms with Crippen LogP contribution in [0.3, 0.4) is 0 Å². The third kappa shape index (κ3) is 8.75. The molecule has 18 heavy (non-hydrogen) atoms. The third-order valence-corrected chi connectivity index (χ3v) is 1.77. The van der Waals surface area contributed by atoms with Gasteiger partial charge < -0.3 is 4.74 Å². The summed E-state index contributed by atoms with van der Waals surface area (Å²) in [6.07, 6.45) is 1.56. The van der Waals surface area contributed by atoms with Gasteiger partial charge in [-0.3, -0.25) is 9.68 Å². The van der Waals surface area contributed by atoms with E-state index in [1.165, 1.54) is 0 Å². The molecule has 0 bridgehead atoms. The Hall–Kier alpha value is -1.36. The minimum atomic E-state index is -0.752. The standard InChI is InChI=1S/C13H22O5/c1-6-7-8-16-11(14)9-10(2)12(15)17-18-13(3,4)5/h2,6-9H2,1,3-5H3. The Kier molecular flexibility index (Phi) is 7.27. The third-order valence-electron chi connectivity index (χ3n) is 1.77. The van der Waals surface area contributed by atoms with E-state index in [1.807, 2.05) is 6.92 Å². The van der Waals surface area contributed by atoms with E-state index >= 15 is 0 Å². The molecule has 0 atom stereocenters. The zero-order valence-corrected chi connectivity index (χ0v) is 11.6. The first kappa shape index (κ1) is 16.6. The monoisotopic (exact) mass is 258 g/mol. The Balaban J connectivity index is 3.94. The van der Waals surface area contributed by atoms with E-state index in [0.29, 0.717) is 6.61 Å². The number of hydrogen-bond donors (Lipinski definition) is 0. The predicted molar refractivity (Wildman–Crippen MR) is 66.6 cm³/mol. The molecule has 0 aromatic carbocycles. The number of rotatable bonds is 7. The summed E-state index contributed by atoms with van der Waals surface area (Å²) in [6, 6.07) is 0. The summed E-state index contributed by atoms with van der Waals surface area (Å²) in [4.78, 5) is 32.1. The number of hydrogen-bond acceptors (Lipinski definition) is 5. The summed E-state index contributed by atoms with van der Waals surface area (Å²) in [5, 5.41) is 0. The van der Waals surface area contributed by atoms with Crippen LogP contribution in [0.25, 0.3) is 0 Å². The second-order valence-electron chi connectivity index (χ2n) is 4.92. The Bertz CT molecular complexity index is 301. The highest BCUT2D eigenvalue weighted by molar-refractivity contribution is 5.92. The van der Waals surface area contributed by atoms with Gasteiger partial charge in [0.15, 0.2) is 0 Å². The van der Waals surface area contributed by atoms with Gasteiger partial charge in [-0.05, 0) is 27.2 Å². The lowest BCUT2D eigenvalue weighted by molar-refractivity contribution is -0.317. The molecule has 0 saturated heterocycles. The van der Waals surface area contributed by atoms with Crippen LogP contribution in [0.1, 0.15) is 47.0 Å². The average Bonchev–Trinajstić information content (AvgIpc) is 2.25. The summed E-state index contributed by atoms with van der Waals surface area (Å²) >= 11 is 0. The van der Waals surface area contributed by atoms with Crippen molar-refractivity contribution in [3.63, 3.8) is 0 Å². The fraction of sp³-hybridized carbons (Fsp3) is 0.692. The average molecular weight is 258 g/mol. The van der Waals surface area contributed by atoms with Crippen LogP contribution < -0.4 is 0 Å². The zero-order valence-electron chi connectivity index (χ0n) is 11.6. The smallest absolute Gasteiger partial charge is 0.369 e. The van der Waals surface area contributed by atoms with Crippen molar-refractivity contribution in [2.45, 2.75) is 52.6 Å². The van der Waals surface area contributed by atoms with Crippen molar-refractivity contribution in [1.82, 2.24) is 0 Å². The molecular weight excluding hydrogens is 236 g/mol. The first-order valence-electron chi connectivity index (χ1n) is 5.99. The summed E-state index contributed by atoms with van der Waals surface area (Å²) in [5.41, 5.74) is -0.585. The minimum Gasteiger partial charge on any atom is -0.465 e. The topological polar surface area (TPSA) is 61.8 Å². The summed E-state index contributed by atoms with van der Waals surface area (Å²) in [6.45, 7) is 11.0. The van der Waals surface area contributed by atoms with E-state index in [1.54, 1.807) is 20.8 Å². The first-order chi connectivity index (χ1) is 8.26. The van der Waals surface area contributed by atoms with Crippen LogP contribution in [0.2, 0.25) is 0 Å². The molecule has 0 aromatic rings. The molecule has 0 aliphatic carbocycles. The molecule has 0 unspecified atom stereocenters. The Morgan fingerprint density at radius 2 is 1.83 bits per heavy atom. The van der Waals surface area contributed by atoms with E-state index in [4.69, 9.17) is 9.62 Å². The molecule has 0 aromatic heterocycles. The van der Waals surface area contributed by atoms with Gasteiger partial charge in [-0.2, -0.15) is 4.89 Å². The molecule has 0 amide bonds. The van der Waals surface area contributed by atoms with E-state index in [-0.39, 0.29) is 12.0 Å². The van der Waals surface area contributed by atoms with Crippen LogP contribution in [-0.2, 0) is 24.1 Å². The van der Waals surface area contributed by atoms with Crippen LogP contribution in [-0.4, -0.2) is 24.1 Å². The van der Waals surface area contributed by atoms with Crippen molar-refractivity contribution in [3.05, 3.63) is 12.2 Å². The number of carbonyl (C=O) groups excluding carboxylic acids is 2. The lowest BCUT2D eigenvalue weighted by Crippen LogP contribution is -2.23. The number of ether oxygens (including phenoxy) is 1. The summed E-state index contributed by atoms with van der Waals surface area (Å²) in [7, 11) is 0. The van der Waals surface area contributed by atoms with Gasteiger partial charge in [0.1, 0.15) is 5.60 Å². The molecule has 0 heterocycles. The molecule has 0 aliphatic heterocycles.